The highest BCUT2D eigenvalue weighted by Gasteiger charge is 2.10. The fourth-order valence-corrected chi connectivity index (χ4v) is 3.84. The summed E-state index contributed by atoms with van der Waals surface area (Å²) >= 11 is 1.57. The zero-order valence-electron chi connectivity index (χ0n) is 18.0. The van der Waals surface area contributed by atoms with Crippen LogP contribution in [0.5, 0.6) is 5.75 Å². The van der Waals surface area contributed by atoms with Crippen molar-refractivity contribution in [3.05, 3.63) is 48.0 Å². The van der Waals surface area contributed by atoms with Gasteiger partial charge in [0.25, 0.3) is 0 Å². The highest BCUT2D eigenvalue weighted by atomic mass is 32.2. The standard InChI is InChI=1S/C23H33N3O3S/c1-4-30-23-15-18(7-12-21(23)28)22(29)16-24-13-5-6-14-26(3)20-10-8-19(9-11-20)25-17(2)27/h7-12,15,22,24,28-29H,4-6,13-14,16H2,1-3H3,(H,25,27). The van der Waals surface area contributed by atoms with E-state index in [4.69, 9.17) is 0 Å². The molecule has 164 valence electrons. The first-order valence-corrected chi connectivity index (χ1v) is 11.3. The number of rotatable bonds is 12. The van der Waals surface area contributed by atoms with Gasteiger partial charge in [0.05, 0.1) is 6.10 Å². The number of nitrogens with zero attached hydrogens (tertiary/aromatic N) is 1. The van der Waals surface area contributed by atoms with Gasteiger partial charge in [0, 0.05) is 43.3 Å². The van der Waals surface area contributed by atoms with Crippen LogP contribution in [0.3, 0.4) is 0 Å². The summed E-state index contributed by atoms with van der Waals surface area (Å²) in [5.41, 5.74) is 2.73. The molecule has 0 aliphatic heterocycles. The number of aliphatic hydroxyl groups is 1. The average molecular weight is 432 g/mol. The number of carbonyl (C=O) groups is 1. The summed E-state index contributed by atoms with van der Waals surface area (Å²) in [7, 11) is 2.06. The Morgan fingerprint density at radius 3 is 2.57 bits per heavy atom. The van der Waals surface area contributed by atoms with Crippen molar-refractivity contribution in [2.24, 2.45) is 0 Å². The Kier molecular flexibility index (Phi) is 10.00. The van der Waals surface area contributed by atoms with Crippen molar-refractivity contribution in [2.75, 3.05) is 42.7 Å². The molecular weight excluding hydrogens is 398 g/mol. The number of benzene rings is 2. The van der Waals surface area contributed by atoms with Gasteiger partial charge in [-0.25, -0.2) is 0 Å². The Hall–Kier alpha value is -2.22. The van der Waals surface area contributed by atoms with E-state index in [1.54, 1.807) is 23.9 Å². The van der Waals surface area contributed by atoms with Crippen LogP contribution in [0.4, 0.5) is 11.4 Å². The van der Waals surface area contributed by atoms with Crippen LogP contribution in [0, 0.1) is 0 Å². The Balaban J connectivity index is 1.66. The van der Waals surface area contributed by atoms with Crippen LogP contribution in [0.25, 0.3) is 0 Å². The molecule has 0 radical (unpaired) electrons. The third-order valence-corrected chi connectivity index (χ3v) is 5.66. The second-order valence-electron chi connectivity index (χ2n) is 7.24. The van der Waals surface area contributed by atoms with Gasteiger partial charge in [-0.05, 0) is 67.1 Å². The average Bonchev–Trinajstić information content (AvgIpc) is 2.72. The third kappa shape index (κ3) is 7.89. The van der Waals surface area contributed by atoms with E-state index >= 15 is 0 Å². The molecule has 0 spiro atoms. The summed E-state index contributed by atoms with van der Waals surface area (Å²) in [4.78, 5) is 14.1. The van der Waals surface area contributed by atoms with Crippen LogP contribution in [-0.4, -0.2) is 48.6 Å². The number of phenols is 1. The molecule has 0 aliphatic carbocycles. The molecule has 30 heavy (non-hydrogen) atoms. The second kappa shape index (κ2) is 12.5. The van der Waals surface area contributed by atoms with Gasteiger partial charge in [0.2, 0.25) is 5.91 Å². The minimum absolute atomic E-state index is 0.0700. The van der Waals surface area contributed by atoms with E-state index in [1.807, 2.05) is 37.3 Å². The van der Waals surface area contributed by atoms with Crippen molar-refractivity contribution in [3.8, 4) is 5.75 Å². The van der Waals surface area contributed by atoms with Crippen molar-refractivity contribution in [1.29, 1.82) is 0 Å². The highest BCUT2D eigenvalue weighted by Crippen LogP contribution is 2.30. The van der Waals surface area contributed by atoms with Crippen molar-refractivity contribution in [1.82, 2.24) is 5.32 Å². The maximum atomic E-state index is 11.1. The number of carbonyl (C=O) groups excluding carboxylic acids is 1. The smallest absolute Gasteiger partial charge is 0.221 e. The topological polar surface area (TPSA) is 84.8 Å². The number of hydrogen-bond donors (Lipinski definition) is 4. The SMILES string of the molecule is CCSc1cc(C(O)CNCCCCN(C)c2ccc(NC(C)=O)cc2)ccc1O. The van der Waals surface area contributed by atoms with Crippen molar-refractivity contribution < 1.29 is 15.0 Å². The molecule has 1 amide bonds. The molecule has 0 saturated heterocycles. The van der Waals surface area contributed by atoms with Crippen molar-refractivity contribution in [2.45, 2.75) is 37.7 Å². The molecule has 7 heteroatoms. The van der Waals surface area contributed by atoms with E-state index in [9.17, 15) is 15.0 Å². The van der Waals surface area contributed by atoms with Crippen molar-refractivity contribution >= 4 is 29.0 Å². The molecule has 0 aromatic heterocycles. The first-order valence-electron chi connectivity index (χ1n) is 10.3. The fraction of sp³-hybridized carbons (Fsp3) is 0.435. The molecule has 2 aromatic rings. The van der Waals surface area contributed by atoms with Crippen LogP contribution >= 0.6 is 11.8 Å². The Morgan fingerprint density at radius 2 is 1.90 bits per heavy atom. The van der Waals surface area contributed by atoms with Gasteiger partial charge in [-0.1, -0.05) is 13.0 Å². The molecular formula is C23H33N3O3S. The van der Waals surface area contributed by atoms with E-state index in [0.29, 0.717) is 6.54 Å². The number of thioether (sulfide) groups is 1. The maximum Gasteiger partial charge on any atom is 0.221 e. The minimum atomic E-state index is -0.591. The third-order valence-electron chi connectivity index (χ3n) is 4.73. The van der Waals surface area contributed by atoms with Crippen molar-refractivity contribution in [3.63, 3.8) is 0 Å². The van der Waals surface area contributed by atoms with E-state index in [1.165, 1.54) is 6.92 Å². The molecule has 0 fully saturated rings. The molecule has 0 bridgehead atoms. The summed E-state index contributed by atoms with van der Waals surface area (Å²) in [6, 6.07) is 13.1. The zero-order chi connectivity index (χ0) is 21.9. The van der Waals surface area contributed by atoms with Gasteiger partial charge in [-0.15, -0.1) is 11.8 Å². The lowest BCUT2D eigenvalue weighted by Crippen LogP contribution is -2.24. The maximum absolute atomic E-state index is 11.1. The molecule has 4 N–H and O–H groups in total. The highest BCUT2D eigenvalue weighted by molar-refractivity contribution is 7.99. The minimum Gasteiger partial charge on any atom is -0.507 e. The van der Waals surface area contributed by atoms with Crippen LogP contribution in [-0.2, 0) is 4.79 Å². The Bertz CT molecular complexity index is 799. The van der Waals surface area contributed by atoms with Gasteiger partial charge in [-0.2, -0.15) is 0 Å². The van der Waals surface area contributed by atoms with Crippen LogP contribution in [0.2, 0.25) is 0 Å². The lowest BCUT2D eigenvalue weighted by atomic mass is 10.1. The quantitative estimate of drug-likeness (QED) is 0.300. The van der Waals surface area contributed by atoms with Crippen LogP contribution in [0.15, 0.2) is 47.4 Å². The van der Waals surface area contributed by atoms with Crippen LogP contribution in [0.1, 0.15) is 38.4 Å². The Labute approximate surface area is 183 Å². The molecule has 6 nitrogen and oxygen atoms in total. The van der Waals surface area contributed by atoms with Crippen LogP contribution < -0.4 is 15.5 Å². The number of phenolic OH excluding ortho intramolecular Hbond substituents is 1. The Morgan fingerprint density at radius 1 is 1.17 bits per heavy atom. The predicted octanol–water partition coefficient (Wildman–Crippen LogP) is 4.00. The predicted molar refractivity (Wildman–Crippen MR) is 126 cm³/mol. The van der Waals surface area contributed by atoms with Gasteiger partial charge in [-0.3, -0.25) is 4.79 Å². The number of unbranched alkanes of at least 4 members (excludes halogenated alkanes) is 1. The number of nitrogens with one attached hydrogen (secondary N) is 2. The molecule has 0 aliphatic rings. The monoisotopic (exact) mass is 431 g/mol. The van der Waals surface area contributed by atoms with E-state index in [-0.39, 0.29) is 11.7 Å². The number of aromatic hydroxyl groups is 1. The normalized spacial score (nSPS) is 11.9. The summed E-state index contributed by atoms with van der Waals surface area (Å²) < 4.78 is 0. The molecule has 0 saturated carbocycles. The number of aliphatic hydroxyl groups excluding tert-OH is 1. The molecule has 2 rings (SSSR count). The summed E-state index contributed by atoms with van der Waals surface area (Å²) in [6.45, 7) is 5.79. The van der Waals surface area contributed by atoms with E-state index in [0.717, 1.165) is 53.5 Å². The van der Waals surface area contributed by atoms with Gasteiger partial charge < -0.3 is 25.7 Å². The molecule has 1 atom stereocenters. The second-order valence-corrected chi connectivity index (χ2v) is 8.54. The van der Waals surface area contributed by atoms with E-state index in [2.05, 4.69) is 22.6 Å². The number of anilines is 2. The summed E-state index contributed by atoms with van der Waals surface area (Å²) in [5, 5.41) is 26.3. The molecule has 0 heterocycles. The summed E-state index contributed by atoms with van der Waals surface area (Å²) in [5.74, 6) is 1.07. The first-order chi connectivity index (χ1) is 14.4. The first kappa shape index (κ1) is 24.1. The molecule has 2 aromatic carbocycles. The van der Waals surface area contributed by atoms with Gasteiger partial charge in [0.15, 0.2) is 0 Å². The lowest BCUT2D eigenvalue weighted by Gasteiger charge is -2.20. The lowest BCUT2D eigenvalue weighted by molar-refractivity contribution is -0.114. The number of amides is 1. The van der Waals surface area contributed by atoms with Gasteiger partial charge >= 0.3 is 0 Å². The zero-order valence-corrected chi connectivity index (χ0v) is 18.8. The van der Waals surface area contributed by atoms with E-state index < -0.39 is 6.10 Å². The fourth-order valence-electron chi connectivity index (χ4n) is 3.10. The molecule has 1 unspecified atom stereocenters. The van der Waals surface area contributed by atoms with Gasteiger partial charge in [0.1, 0.15) is 5.75 Å². The number of hydrogen-bond acceptors (Lipinski definition) is 6. The largest absolute Gasteiger partial charge is 0.507 e. The summed E-state index contributed by atoms with van der Waals surface area (Å²) in [6.07, 6.45) is 1.45.